The van der Waals surface area contributed by atoms with Crippen molar-refractivity contribution >= 4 is 41.3 Å². The molecule has 2 unspecified atom stereocenters. The topological polar surface area (TPSA) is 59.9 Å². The van der Waals surface area contributed by atoms with Crippen LogP contribution in [-0.4, -0.2) is 55.3 Å². The lowest BCUT2D eigenvalue weighted by molar-refractivity contribution is 0.248. The number of likely N-dealkylation sites (tertiary alicyclic amines) is 1. The number of aliphatic hydroxyl groups excluding tert-OH is 1. The molecule has 1 fully saturated rings. The quantitative estimate of drug-likeness (QED) is 0.242. The number of aliphatic hydroxyl groups is 1. The third kappa shape index (κ3) is 8.66. The fourth-order valence-electron chi connectivity index (χ4n) is 3.62. The van der Waals surface area contributed by atoms with Gasteiger partial charge in [0.25, 0.3) is 0 Å². The lowest BCUT2D eigenvalue weighted by atomic mass is 10.0. The van der Waals surface area contributed by atoms with Crippen LogP contribution in [0, 0.1) is 5.92 Å². The number of rotatable bonds is 11. The Morgan fingerprint density at radius 1 is 1.26 bits per heavy atom. The van der Waals surface area contributed by atoms with Crippen LogP contribution >= 0.6 is 35.3 Å². The highest BCUT2D eigenvalue weighted by Crippen LogP contribution is 2.27. The Balaban J connectivity index is 0.00000364. The van der Waals surface area contributed by atoms with Gasteiger partial charge in [0.05, 0.1) is 6.04 Å². The Kier molecular flexibility index (Phi) is 13.3. The zero-order chi connectivity index (χ0) is 18.6. The Labute approximate surface area is 186 Å². The van der Waals surface area contributed by atoms with E-state index in [9.17, 15) is 5.11 Å². The predicted molar refractivity (Wildman–Crippen MR) is 127 cm³/mol. The van der Waals surface area contributed by atoms with Crippen molar-refractivity contribution in [3.05, 3.63) is 22.4 Å². The summed E-state index contributed by atoms with van der Waals surface area (Å²) >= 11 is 1.84. The molecule has 5 nitrogen and oxygen atoms in total. The number of guanidine groups is 1. The van der Waals surface area contributed by atoms with Crippen LogP contribution in [0.5, 0.6) is 0 Å². The molecule has 27 heavy (non-hydrogen) atoms. The highest BCUT2D eigenvalue weighted by atomic mass is 127. The van der Waals surface area contributed by atoms with Crippen molar-refractivity contribution in [2.45, 2.75) is 52.0 Å². The lowest BCUT2D eigenvalue weighted by Crippen LogP contribution is -2.42. The molecule has 1 aliphatic heterocycles. The fraction of sp³-hybridized carbons (Fsp3) is 0.750. The average molecular weight is 509 g/mol. The molecule has 1 aromatic heterocycles. The highest BCUT2D eigenvalue weighted by Gasteiger charge is 2.24. The highest BCUT2D eigenvalue weighted by molar-refractivity contribution is 14.0. The van der Waals surface area contributed by atoms with E-state index in [1.807, 2.05) is 11.3 Å². The Morgan fingerprint density at radius 3 is 2.63 bits per heavy atom. The average Bonchev–Trinajstić information content (AvgIpc) is 3.34. The largest absolute Gasteiger partial charge is 0.396 e. The van der Waals surface area contributed by atoms with Gasteiger partial charge in [-0.05, 0) is 63.1 Å². The van der Waals surface area contributed by atoms with Gasteiger partial charge < -0.3 is 15.7 Å². The first kappa shape index (κ1) is 24.7. The van der Waals surface area contributed by atoms with Crippen LogP contribution in [0.1, 0.15) is 56.9 Å². The van der Waals surface area contributed by atoms with E-state index in [4.69, 9.17) is 4.99 Å². The summed E-state index contributed by atoms with van der Waals surface area (Å²) in [5.41, 5.74) is 0. The number of hydrogen-bond acceptors (Lipinski definition) is 4. The molecule has 156 valence electrons. The van der Waals surface area contributed by atoms with Crippen molar-refractivity contribution < 1.29 is 5.11 Å². The van der Waals surface area contributed by atoms with Gasteiger partial charge in [-0.15, -0.1) is 35.3 Å². The van der Waals surface area contributed by atoms with Crippen molar-refractivity contribution in [1.82, 2.24) is 15.5 Å². The maximum absolute atomic E-state index is 9.25. The van der Waals surface area contributed by atoms with E-state index in [0.717, 1.165) is 44.9 Å². The standard InChI is InChI=1S/C20H36N4OS.HI/c1-3-8-17(10-13-25)15-22-20(21-4-2)23-16-18(19-9-7-14-26-19)24-11-5-6-12-24;/h7,9,14,17-18,25H,3-6,8,10-13,15-16H2,1-2H3,(H2,21,22,23);1H. The molecule has 0 bridgehead atoms. The smallest absolute Gasteiger partial charge is 0.191 e. The number of thiophene rings is 1. The van der Waals surface area contributed by atoms with Crippen LogP contribution in [0.2, 0.25) is 0 Å². The molecule has 3 N–H and O–H groups in total. The number of nitrogens with zero attached hydrogens (tertiary/aromatic N) is 2. The Bertz CT molecular complexity index is 500. The maximum atomic E-state index is 9.25. The van der Waals surface area contributed by atoms with Gasteiger partial charge in [0.2, 0.25) is 0 Å². The summed E-state index contributed by atoms with van der Waals surface area (Å²) in [5, 5.41) is 18.4. The van der Waals surface area contributed by atoms with Crippen molar-refractivity contribution in [2.75, 3.05) is 39.3 Å². The molecule has 0 radical (unpaired) electrons. The monoisotopic (exact) mass is 508 g/mol. The molecule has 0 saturated carbocycles. The minimum Gasteiger partial charge on any atom is -0.396 e. The van der Waals surface area contributed by atoms with Crippen LogP contribution < -0.4 is 10.6 Å². The number of nitrogens with one attached hydrogen (secondary N) is 2. The van der Waals surface area contributed by atoms with Gasteiger partial charge in [-0.3, -0.25) is 9.89 Å². The molecule has 2 rings (SSSR count). The SMILES string of the molecule is CCCC(CCO)CN=C(NCC)NCC(c1cccs1)N1CCCC1.I. The fourth-order valence-corrected chi connectivity index (χ4v) is 4.48. The van der Waals surface area contributed by atoms with Crippen LogP contribution in [0.4, 0.5) is 0 Å². The first-order valence-corrected chi connectivity index (χ1v) is 11.1. The summed E-state index contributed by atoms with van der Waals surface area (Å²) in [6.45, 7) is 9.43. The summed E-state index contributed by atoms with van der Waals surface area (Å²) in [4.78, 5) is 8.82. The summed E-state index contributed by atoms with van der Waals surface area (Å²) in [6.07, 6.45) is 5.70. The van der Waals surface area contributed by atoms with Crippen LogP contribution in [0.15, 0.2) is 22.5 Å². The molecule has 2 heterocycles. The predicted octanol–water partition coefficient (Wildman–Crippen LogP) is 3.86. The number of halogens is 1. The van der Waals surface area contributed by atoms with Crippen LogP contribution in [0.25, 0.3) is 0 Å². The van der Waals surface area contributed by atoms with Crippen molar-refractivity contribution in [2.24, 2.45) is 10.9 Å². The third-order valence-corrected chi connectivity index (χ3v) is 5.98. The lowest BCUT2D eigenvalue weighted by Gasteiger charge is -2.27. The van der Waals surface area contributed by atoms with Crippen molar-refractivity contribution in [3.63, 3.8) is 0 Å². The van der Waals surface area contributed by atoms with Crippen molar-refractivity contribution in [3.8, 4) is 0 Å². The summed E-state index contributed by atoms with van der Waals surface area (Å²) in [6, 6.07) is 4.81. The molecular weight excluding hydrogens is 471 g/mol. The van der Waals surface area contributed by atoms with E-state index in [-0.39, 0.29) is 30.6 Å². The second kappa shape index (κ2) is 14.6. The first-order valence-electron chi connectivity index (χ1n) is 10.2. The van der Waals surface area contributed by atoms with E-state index in [2.05, 4.69) is 46.9 Å². The Hall–Kier alpha value is -0.380. The molecule has 0 spiro atoms. The van der Waals surface area contributed by atoms with Gasteiger partial charge in [0.1, 0.15) is 0 Å². The molecule has 0 aromatic carbocycles. The minimum absolute atomic E-state index is 0. The maximum Gasteiger partial charge on any atom is 0.191 e. The molecule has 0 amide bonds. The van der Waals surface area contributed by atoms with Crippen LogP contribution in [0.3, 0.4) is 0 Å². The van der Waals surface area contributed by atoms with Gasteiger partial charge >= 0.3 is 0 Å². The number of aliphatic imine (C=N–C) groups is 1. The van der Waals surface area contributed by atoms with E-state index in [0.29, 0.717) is 12.0 Å². The minimum atomic E-state index is 0. The van der Waals surface area contributed by atoms with E-state index in [1.165, 1.54) is 30.8 Å². The number of hydrogen-bond donors (Lipinski definition) is 3. The molecule has 1 aromatic rings. The second-order valence-electron chi connectivity index (χ2n) is 7.04. The molecular formula is C20H37IN4OS. The van der Waals surface area contributed by atoms with E-state index < -0.39 is 0 Å². The normalized spacial score (nSPS) is 17.4. The van der Waals surface area contributed by atoms with Crippen molar-refractivity contribution in [1.29, 1.82) is 0 Å². The van der Waals surface area contributed by atoms with E-state index in [1.54, 1.807) is 0 Å². The Morgan fingerprint density at radius 2 is 2.04 bits per heavy atom. The zero-order valence-corrected chi connectivity index (χ0v) is 20.0. The molecule has 0 aliphatic carbocycles. The zero-order valence-electron chi connectivity index (χ0n) is 16.8. The second-order valence-corrected chi connectivity index (χ2v) is 8.02. The van der Waals surface area contributed by atoms with Gasteiger partial charge in [0.15, 0.2) is 5.96 Å². The van der Waals surface area contributed by atoms with Gasteiger partial charge in [-0.2, -0.15) is 0 Å². The van der Waals surface area contributed by atoms with Gasteiger partial charge in [-0.25, -0.2) is 0 Å². The molecule has 1 saturated heterocycles. The van der Waals surface area contributed by atoms with Gasteiger partial charge in [0, 0.05) is 31.1 Å². The molecule has 2 atom stereocenters. The van der Waals surface area contributed by atoms with Gasteiger partial charge in [-0.1, -0.05) is 19.4 Å². The summed E-state index contributed by atoms with van der Waals surface area (Å²) < 4.78 is 0. The summed E-state index contributed by atoms with van der Waals surface area (Å²) in [5.74, 6) is 1.36. The third-order valence-electron chi connectivity index (χ3n) is 5.00. The molecule has 1 aliphatic rings. The summed E-state index contributed by atoms with van der Waals surface area (Å²) in [7, 11) is 0. The van der Waals surface area contributed by atoms with Crippen LogP contribution in [-0.2, 0) is 0 Å². The molecule has 7 heteroatoms. The first-order chi connectivity index (χ1) is 12.8. The van der Waals surface area contributed by atoms with E-state index >= 15 is 0 Å².